The van der Waals surface area contributed by atoms with Crippen LogP contribution in [0.25, 0.3) is 0 Å². The quantitative estimate of drug-likeness (QED) is 0.365. The first-order valence-electron chi connectivity index (χ1n) is 11.4. The maximum atomic E-state index is 12.8. The third kappa shape index (κ3) is 7.22. The van der Waals surface area contributed by atoms with Crippen LogP contribution in [0.15, 0.2) is 35.5 Å². The zero-order valence-electron chi connectivity index (χ0n) is 19.5. The van der Waals surface area contributed by atoms with Crippen LogP contribution in [-0.4, -0.2) is 55.0 Å². The van der Waals surface area contributed by atoms with Crippen molar-refractivity contribution in [3.05, 3.63) is 41.9 Å². The summed E-state index contributed by atoms with van der Waals surface area (Å²) < 4.78 is 27.3. The summed E-state index contributed by atoms with van der Waals surface area (Å²) in [5, 5.41) is 11.5. The monoisotopic (exact) mass is 489 g/mol. The lowest BCUT2D eigenvalue weighted by atomic mass is 10.2. The van der Waals surface area contributed by atoms with Crippen LogP contribution >= 0.6 is 0 Å². The number of rotatable bonds is 13. The van der Waals surface area contributed by atoms with Crippen molar-refractivity contribution < 1.29 is 23.1 Å². The highest BCUT2D eigenvalue weighted by Gasteiger charge is 2.25. The Morgan fingerprint density at radius 2 is 1.97 bits per heavy atom. The zero-order valence-corrected chi connectivity index (χ0v) is 20.3. The van der Waals surface area contributed by atoms with E-state index >= 15 is 0 Å². The number of carboxylic acid groups (broad SMARTS) is 1. The van der Waals surface area contributed by atoms with Crippen LogP contribution in [0.3, 0.4) is 0 Å². The third-order valence-corrected chi connectivity index (χ3v) is 6.95. The minimum atomic E-state index is -3.79. The van der Waals surface area contributed by atoms with E-state index in [1.54, 1.807) is 13.0 Å². The lowest BCUT2D eigenvalue weighted by molar-refractivity contribution is -0.137. The van der Waals surface area contributed by atoms with Gasteiger partial charge < -0.3 is 15.3 Å². The molecular formula is C23H31N5O5S. The average molecular weight is 490 g/mol. The lowest BCUT2D eigenvalue weighted by Gasteiger charge is -2.23. The second kappa shape index (κ2) is 11.4. The van der Waals surface area contributed by atoms with Gasteiger partial charge in [-0.2, -0.15) is 0 Å². The summed E-state index contributed by atoms with van der Waals surface area (Å²) >= 11 is 0. The van der Waals surface area contributed by atoms with E-state index in [2.05, 4.69) is 31.8 Å². The summed E-state index contributed by atoms with van der Waals surface area (Å²) in [4.78, 5) is 34.1. The van der Waals surface area contributed by atoms with Crippen molar-refractivity contribution in [3.63, 3.8) is 0 Å². The molecule has 1 amide bonds. The number of aromatic nitrogens is 2. The molecule has 1 aliphatic carbocycles. The van der Waals surface area contributed by atoms with Gasteiger partial charge in [-0.3, -0.25) is 9.59 Å². The van der Waals surface area contributed by atoms with E-state index in [1.807, 2.05) is 0 Å². The second-order valence-electron chi connectivity index (χ2n) is 8.48. The molecule has 10 nitrogen and oxygen atoms in total. The van der Waals surface area contributed by atoms with E-state index in [4.69, 9.17) is 5.11 Å². The van der Waals surface area contributed by atoms with Crippen LogP contribution in [0.2, 0.25) is 0 Å². The molecule has 1 aliphatic rings. The van der Waals surface area contributed by atoms with Crippen LogP contribution in [0.4, 0.5) is 11.5 Å². The number of hydrogen-bond donors (Lipinski definition) is 3. The molecule has 11 heteroatoms. The van der Waals surface area contributed by atoms with Crippen molar-refractivity contribution in [1.29, 1.82) is 0 Å². The topological polar surface area (TPSA) is 142 Å². The third-order valence-electron chi connectivity index (χ3n) is 5.49. The average Bonchev–Trinajstić information content (AvgIpc) is 3.62. The fourth-order valence-electron chi connectivity index (χ4n) is 3.48. The van der Waals surface area contributed by atoms with Crippen molar-refractivity contribution in [2.24, 2.45) is 5.92 Å². The number of hydrogen-bond acceptors (Lipinski definition) is 7. The van der Waals surface area contributed by atoms with E-state index < -0.39 is 21.9 Å². The van der Waals surface area contributed by atoms with Gasteiger partial charge in [-0.15, -0.1) is 0 Å². The number of nitrogens with zero attached hydrogens (tertiary/aromatic N) is 3. The summed E-state index contributed by atoms with van der Waals surface area (Å²) in [5.74, 6) is 0.0212. The largest absolute Gasteiger partial charge is 0.481 e. The maximum absolute atomic E-state index is 12.8. The highest BCUT2D eigenvalue weighted by molar-refractivity contribution is 7.89. The first-order chi connectivity index (χ1) is 16.2. The fraction of sp³-hybridized carbons (Fsp3) is 0.478. The number of sulfonamides is 1. The number of carbonyl (C=O) groups is 2. The smallest absolute Gasteiger partial charge is 0.303 e. The number of anilines is 2. The molecule has 0 bridgehead atoms. The number of carbonyl (C=O) groups excluding carboxylic acids is 1. The van der Waals surface area contributed by atoms with Crippen molar-refractivity contribution in [3.8, 4) is 0 Å². The van der Waals surface area contributed by atoms with Gasteiger partial charge in [0.1, 0.15) is 17.8 Å². The Balaban J connectivity index is 1.67. The first-order valence-corrected chi connectivity index (χ1v) is 12.9. The Morgan fingerprint density at radius 3 is 2.62 bits per heavy atom. The van der Waals surface area contributed by atoms with Gasteiger partial charge in [-0.25, -0.2) is 23.1 Å². The number of aryl methyl sites for hydroxylation is 1. The van der Waals surface area contributed by atoms with Crippen LogP contribution in [0.1, 0.15) is 55.1 Å². The molecule has 1 saturated carbocycles. The summed E-state index contributed by atoms with van der Waals surface area (Å²) in [6, 6.07) is 6.06. The molecule has 1 aromatic carbocycles. The van der Waals surface area contributed by atoms with Crippen LogP contribution < -0.4 is 14.9 Å². The van der Waals surface area contributed by atoms with Gasteiger partial charge in [-0.05, 0) is 62.3 Å². The van der Waals surface area contributed by atoms with Crippen LogP contribution in [-0.2, 0) is 14.8 Å². The summed E-state index contributed by atoms with van der Waals surface area (Å²) in [6.07, 6.45) is 4.88. The molecule has 3 N–H and O–H groups in total. The SMILES string of the molecule is CCCN(CC1CC1)c1cc(C(=O)Nc2ccc(S(=O)(=O)NCCCC(=O)O)cc2C)ncn1. The molecular weight excluding hydrogens is 458 g/mol. The fourth-order valence-corrected chi connectivity index (χ4v) is 4.64. The summed E-state index contributed by atoms with van der Waals surface area (Å²) in [6.45, 7) is 5.60. The van der Waals surface area contributed by atoms with Gasteiger partial charge in [0, 0.05) is 37.8 Å². The molecule has 0 saturated heterocycles. The van der Waals surface area contributed by atoms with E-state index in [9.17, 15) is 18.0 Å². The predicted molar refractivity (Wildman–Crippen MR) is 128 cm³/mol. The molecule has 0 unspecified atom stereocenters. The Labute approximate surface area is 199 Å². The summed E-state index contributed by atoms with van der Waals surface area (Å²) in [7, 11) is -3.79. The van der Waals surface area contributed by atoms with Crippen molar-refractivity contribution in [2.45, 2.75) is 50.8 Å². The van der Waals surface area contributed by atoms with Gasteiger partial charge in [-0.1, -0.05) is 6.92 Å². The first kappa shape index (κ1) is 25.6. The van der Waals surface area contributed by atoms with Gasteiger partial charge >= 0.3 is 5.97 Å². The Kier molecular flexibility index (Phi) is 8.56. The minimum Gasteiger partial charge on any atom is -0.481 e. The number of amides is 1. The van der Waals surface area contributed by atoms with Crippen molar-refractivity contribution >= 4 is 33.4 Å². The molecule has 1 fully saturated rings. The van der Waals surface area contributed by atoms with E-state index in [0.29, 0.717) is 17.2 Å². The molecule has 0 spiro atoms. The predicted octanol–water partition coefficient (Wildman–Crippen LogP) is 2.81. The van der Waals surface area contributed by atoms with E-state index in [-0.39, 0.29) is 30.0 Å². The molecule has 0 aliphatic heterocycles. The maximum Gasteiger partial charge on any atom is 0.303 e. The standard InChI is InChI=1S/C23H31N5O5S/c1-3-11-28(14-17-6-7-17)21-13-20(24-15-25-21)23(31)27-19-9-8-18(12-16(19)2)34(32,33)26-10-4-5-22(29)30/h8-9,12-13,15,17,26H,3-7,10-11,14H2,1-2H3,(H,27,31)(H,29,30). The summed E-state index contributed by atoms with van der Waals surface area (Å²) in [5.41, 5.74) is 1.27. The highest BCUT2D eigenvalue weighted by atomic mass is 32.2. The second-order valence-corrected chi connectivity index (χ2v) is 10.2. The Hall–Kier alpha value is -3.05. The molecule has 0 atom stereocenters. The minimum absolute atomic E-state index is 0.0258. The number of carboxylic acids is 1. The van der Waals surface area contributed by atoms with Crippen LogP contribution in [0.5, 0.6) is 0 Å². The molecule has 184 valence electrons. The molecule has 34 heavy (non-hydrogen) atoms. The number of aliphatic carboxylic acids is 1. The van der Waals surface area contributed by atoms with Crippen molar-refractivity contribution in [1.82, 2.24) is 14.7 Å². The van der Waals surface area contributed by atoms with Gasteiger partial charge in [0.15, 0.2) is 0 Å². The van der Waals surface area contributed by atoms with Gasteiger partial charge in [0.05, 0.1) is 4.90 Å². The van der Waals surface area contributed by atoms with Gasteiger partial charge in [0.25, 0.3) is 5.91 Å². The highest BCUT2D eigenvalue weighted by Crippen LogP contribution is 2.31. The molecule has 1 heterocycles. The molecule has 1 aromatic heterocycles. The molecule has 0 radical (unpaired) electrons. The Bertz CT molecular complexity index is 1130. The van der Waals surface area contributed by atoms with Gasteiger partial charge in [0.2, 0.25) is 10.0 Å². The van der Waals surface area contributed by atoms with Crippen LogP contribution in [0, 0.1) is 12.8 Å². The zero-order chi connectivity index (χ0) is 24.7. The van der Waals surface area contributed by atoms with E-state index in [1.165, 1.54) is 37.4 Å². The number of nitrogens with one attached hydrogen (secondary N) is 2. The Morgan fingerprint density at radius 1 is 1.21 bits per heavy atom. The molecule has 2 aromatic rings. The normalized spacial score (nSPS) is 13.5. The number of benzene rings is 1. The lowest BCUT2D eigenvalue weighted by Crippen LogP contribution is -2.28. The molecule has 3 rings (SSSR count). The van der Waals surface area contributed by atoms with E-state index in [0.717, 1.165) is 25.3 Å². The van der Waals surface area contributed by atoms with Crippen molar-refractivity contribution in [2.75, 3.05) is 29.9 Å².